The van der Waals surface area contributed by atoms with Gasteiger partial charge in [-0.3, -0.25) is 0 Å². The van der Waals surface area contributed by atoms with Crippen molar-refractivity contribution in [1.82, 2.24) is 14.6 Å². The van der Waals surface area contributed by atoms with Crippen molar-refractivity contribution < 1.29 is 9.53 Å². The maximum atomic E-state index is 11.8. The summed E-state index contributed by atoms with van der Waals surface area (Å²) in [4.78, 5) is 15.8. The van der Waals surface area contributed by atoms with Gasteiger partial charge >= 0.3 is 5.97 Å². The van der Waals surface area contributed by atoms with E-state index >= 15 is 0 Å². The molecule has 0 bridgehead atoms. The number of anilines is 1. The fourth-order valence-electron chi connectivity index (χ4n) is 1.36. The highest BCUT2D eigenvalue weighted by atomic mass is 16.6. The summed E-state index contributed by atoms with van der Waals surface area (Å²) in [7, 11) is 0. The number of aromatic nitrogens is 3. The first-order valence-corrected chi connectivity index (χ1v) is 5.20. The van der Waals surface area contributed by atoms with E-state index in [-0.39, 0.29) is 11.9 Å². The lowest BCUT2D eigenvalue weighted by atomic mass is 10.2. The molecule has 0 fully saturated rings. The molecule has 0 saturated carbocycles. The second-order valence-corrected chi connectivity index (χ2v) is 4.69. The van der Waals surface area contributed by atoms with Crippen LogP contribution in [0.15, 0.2) is 18.3 Å². The number of nitrogens with two attached hydrogens (primary N) is 1. The molecule has 17 heavy (non-hydrogen) atoms. The van der Waals surface area contributed by atoms with Gasteiger partial charge in [-0.1, -0.05) is 0 Å². The van der Waals surface area contributed by atoms with Crippen molar-refractivity contribution in [3.05, 3.63) is 23.9 Å². The molecule has 2 aromatic heterocycles. The quantitative estimate of drug-likeness (QED) is 0.751. The van der Waals surface area contributed by atoms with Gasteiger partial charge in [-0.2, -0.15) is 4.98 Å². The summed E-state index contributed by atoms with van der Waals surface area (Å²) in [6.45, 7) is 5.45. The van der Waals surface area contributed by atoms with Crippen molar-refractivity contribution >= 4 is 17.6 Å². The Labute approximate surface area is 98.4 Å². The number of hydrogen-bond donors (Lipinski definition) is 1. The Morgan fingerprint density at radius 3 is 2.82 bits per heavy atom. The van der Waals surface area contributed by atoms with Gasteiger partial charge < -0.3 is 10.5 Å². The van der Waals surface area contributed by atoms with Crippen molar-refractivity contribution in [1.29, 1.82) is 0 Å². The van der Waals surface area contributed by atoms with Crippen LogP contribution >= 0.6 is 0 Å². The molecule has 0 saturated heterocycles. The van der Waals surface area contributed by atoms with E-state index in [1.54, 1.807) is 18.3 Å². The minimum atomic E-state index is -0.518. The maximum Gasteiger partial charge on any atom is 0.338 e. The summed E-state index contributed by atoms with van der Waals surface area (Å²) in [5.41, 5.74) is 5.89. The highest BCUT2D eigenvalue weighted by molar-refractivity contribution is 5.90. The van der Waals surface area contributed by atoms with Gasteiger partial charge in [0.05, 0.1) is 5.56 Å². The minimum absolute atomic E-state index is 0.173. The number of fused-ring (bicyclic) bond motifs is 1. The molecular weight excluding hydrogens is 220 g/mol. The number of ether oxygens (including phenoxy) is 1. The van der Waals surface area contributed by atoms with Crippen LogP contribution in [0.25, 0.3) is 5.65 Å². The van der Waals surface area contributed by atoms with E-state index in [0.29, 0.717) is 11.2 Å². The van der Waals surface area contributed by atoms with Crippen LogP contribution < -0.4 is 5.73 Å². The number of pyridine rings is 1. The Hall–Kier alpha value is -2.11. The van der Waals surface area contributed by atoms with Crippen molar-refractivity contribution in [3.63, 3.8) is 0 Å². The van der Waals surface area contributed by atoms with Gasteiger partial charge in [-0.05, 0) is 32.9 Å². The predicted molar refractivity (Wildman–Crippen MR) is 62.6 cm³/mol. The largest absolute Gasteiger partial charge is 0.456 e. The van der Waals surface area contributed by atoms with Gasteiger partial charge in [0.2, 0.25) is 5.95 Å². The minimum Gasteiger partial charge on any atom is -0.456 e. The van der Waals surface area contributed by atoms with E-state index in [4.69, 9.17) is 10.5 Å². The van der Waals surface area contributed by atoms with Crippen molar-refractivity contribution in [3.8, 4) is 0 Å². The Kier molecular flexibility index (Phi) is 2.49. The van der Waals surface area contributed by atoms with Gasteiger partial charge in [-0.25, -0.2) is 9.31 Å². The number of nitrogens with zero attached hydrogens (tertiary/aromatic N) is 3. The highest BCUT2D eigenvalue weighted by Crippen LogP contribution is 2.13. The first kappa shape index (κ1) is 11.4. The number of hydrogen-bond acceptors (Lipinski definition) is 5. The zero-order chi connectivity index (χ0) is 12.6. The molecule has 2 heterocycles. The van der Waals surface area contributed by atoms with Gasteiger partial charge in [-0.15, -0.1) is 5.10 Å². The van der Waals surface area contributed by atoms with E-state index in [9.17, 15) is 4.79 Å². The molecule has 0 aliphatic heterocycles. The molecule has 0 spiro atoms. The van der Waals surface area contributed by atoms with E-state index in [1.165, 1.54) is 4.52 Å². The first-order chi connectivity index (χ1) is 7.85. The number of carbonyl (C=O) groups excluding carboxylic acids is 1. The Morgan fingerprint density at radius 2 is 2.18 bits per heavy atom. The number of esters is 1. The summed E-state index contributed by atoms with van der Waals surface area (Å²) >= 11 is 0. The van der Waals surface area contributed by atoms with Crippen LogP contribution in [-0.4, -0.2) is 26.2 Å². The fraction of sp³-hybridized carbons (Fsp3) is 0.364. The van der Waals surface area contributed by atoms with Crippen LogP contribution in [0.5, 0.6) is 0 Å². The zero-order valence-corrected chi connectivity index (χ0v) is 9.97. The number of nitrogen functional groups attached to an aromatic ring is 1. The monoisotopic (exact) mass is 234 g/mol. The summed E-state index contributed by atoms with van der Waals surface area (Å²) in [6.07, 6.45) is 1.62. The lowest BCUT2D eigenvalue weighted by Crippen LogP contribution is -2.23. The molecule has 6 nitrogen and oxygen atoms in total. The van der Waals surface area contributed by atoms with E-state index in [0.717, 1.165) is 0 Å². The zero-order valence-electron chi connectivity index (χ0n) is 9.97. The Morgan fingerprint density at radius 1 is 1.47 bits per heavy atom. The third-order valence-electron chi connectivity index (χ3n) is 1.99. The van der Waals surface area contributed by atoms with E-state index in [2.05, 4.69) is 10.1 Å². The fourth-order valence-corrected chi connectivity index (χ4v) is 1.36. The van der Waals surface area contributed by atoms with E-state index < -0.39 is 5.60 Å². The van der Waals surface area contributed by atoms with Gasteiger partial charge in [0.1, 0.15) is 5.60 Å². The Balaban J connectivity index is 2.33. The summed E-state index contributed by atoms with van der Waals surface area (Å²) in [5, 5.41) is 3.92. The lowest BCUT2D eigenvalue weighted by Gasteiger charge is -2.19. The SMILES string of the molecule is CC(C)(C)OC(=O)c1ccn2nc(N)nc2c1. The van der Waals surface area contributed by atoms with Crippen LogP contribution in [0.3, 0.4) is 0 Å². The molecule has 0 aromatic carbocycles. The average Bonchev–Trinajstić information content (AvgIpc) is 2.53. The van der Waals surface area contributed by atoms with Crippen molar-refractivity contribution in [2.24, 2.45) is 0 Å². The second kappa shape index (κ2) is 3.73. The summed E-state index contributed by atoms with van der Waals surface area (Å²) in [5.74, 6) is -0.215. The standard InChI is InChI=1S/C11H14N4O2/c1-11(2,3)17-9(16)7-4-5-15-8(6-7)13-10(12)14-15/h4-6H,1-3H3,(H2,12,14). The lowest BCUT2D eigenvalue weighted by molar-refractivity contribution is 0.00695. The van der Waals surface area contributed by atoms with Crippen LogP contribution in [0.2, 0.25) is 0 Å². The molecule has 0 unspecified atom stereocenters. The molecule has 0 amide bonds. The maximum absolute atomic E-state index is 11.8. The van der Waals surface area contributed by atoms with E-state index in [1.807, 2.05) is 20.8 Å². The van der Waals surface area contributed by atoms with Crippen LogP contribution in [0.1, 0.15) is 31.1 Å². The molecular formula is C11H14N4O2. The summed E-state index contributed by atoms with van der Waals surface area (Å²) < 4.78 is 6.76. The number of carbonyl (C=O) groups is 1. The Bertz CT molecular complexity index is 568. The predicted octanol–water partition coefficient (Wildman–Crippen LogP) is 1.27. The topological polar surface area (TPSA) is 82.5 Å². The molecule has 0 atom stereocenters. The normalized spacial score (nSPS) is 11.7. The second-order valence-electron chi connectivity index (χ2n) is 4.69. The average molecular weight is 234 g/mol. The molecule has 0 radical (unpaired) electrons. The molecule has 6 heteroatoms. The molecule has 2 rings (SSSR count). The van der Waals surface area contributed by atoms with Gasteiger partial charge in [0, 0.05) is 6.20 Å². The van der Waals surface area contributed by atoms with Crippen molar-refractivity contribution in [2.75, 3.05) is 5.73 Å². The molecule has 2 N–H and O–H groups in total. The summed E-state index contributed by atoms with van der Waals surface area (Å²) in [6, 6.07) is 3.21. The smallest absolute Gasteiger partial charge is 0.338 e. The van der Waals surface area contributed by atoms with Crippen molar-refractivity contribution in [2.45, 2.75) is 26.4 Å². The molecule has 90 valence electrons. The first-order valence-electron chi connectivity index (χ1n) is 5.20. The third kappa shape index (κ3) is 2.52. The third-order valence-corrected chi connectivity index (χ3v) is 1.99. The number of rotatable bonds is 1. The highest BCUT2D eigenvalue weighted by Gasteiger charge is 2.18. The molecule has 0 aliphatic rings. The van der Waals surface area contributed by atoms with Gasteiger partial charge in [0.25, 0.3) is 0 Å². The molecule has 2 aromatic rings. The van der Waals surface area contributed by atoms with Crippen LogP contribution in [-0.2, 0) is 4.74 Å². The van der Waals surface area contributed by atoms with Crippen LogP contribution in [0, 0.1) is 0 Å². The van der Waals surface area contributed by atoms with Crippen LogP contribution in [0.4, 0.5) is 5.95 Å². The van der Waals surface area contributed by atoms with Gasteiger partial charge in [0.15, 0.2) is 5.65 Å². The molecule has 0 aliphatic carbocycles.